The fraction of sp³-hybridized carbons (Fsp3) is 0.0400. The standard InChI is InChI=1S/C37H21N2O.C13H12N.Ir/c1-2-14-28-25-11-6-12-26(22-25)39-34-20-4-3-19-33(34)38-37(39)32-18-8-17-31-30-16-7-15-29(35(30)40-36(31)32)24-10-5-9-23(21-24)27(28)13-1;1-10-3-6-12(7-4-10)13-8-5-11(2)9-14-13;/h1-17,19-22H;3-6,8-9H,1-2H3;/q2*-1;. The van der Waals surface area contributed by atoms with Crippen LogP contribution in [0, 0.1) is 26.0 Å². The first-order valence-corrected chi connectivity index (χ1v) is 18.1. The van der Waals surface area contributed by atoms with Gasteiger partial charge in [-0.2, -0.15) is 0 Å². The van der Waals surface area contributed by atoms with E-state index in [-0.39, 0.29) is 20.1 Å². The van der Waals surface area contributed by atoms with Crippen LogP contribution in [0.25, 0.3) is 93.1 Å². The minimum absolute atomic E-state index is 0. The second kappa shape index (κ2) is 14.1. The number of aromatic nitrogens is 3. The third-order valence-corrected chi connectivity index (χ3v) is 10.2. The number of para-hydroxylation sites is 3. The van der Waals surface area contributed by atoms with Gasteiger partial charge in [0.15, 0.2) is 0 Å². The molecule has 0 spiro atoms. The van der Waals surface area contributed by atoms with Gasteiger partial charge in [-0.25, -0.2) is 0 Å². The molecule has 6 bridgehead atoms. The summed E-state index contributed by atoms with van der Waals surface area (Å²) in [5.74, 6) is 0. The van der Waals surface area contributed by atoms with Crippen LogP contribution in [0.5, 0.6) is 0 Å². The Hall–Kier alpha value is -6.39. The summed E-state index contributed by atoms with van der Waals surface area (Å²) in [6.45, 7) is 4.10. The van der Waals surface area contributed by atoms with Crippen molar-refractivity contribution in [1.29, 1.82) is 0 Å². The van der Waals surface area contributed by atoms with Gasteiger partial charge in [-0.3, -0.25) is 4.98 Å². The van der Waals surface area contributed by atoms with Crippen LogP contribution in [0.15, 0.2) is 168 Å². The third-order valence-electron chi connectivity index (χ3n) is 10.2. The van der Waals surface area contributed by atoms with Gasteiger partial charge in [0, 0.05) is 42.6 Å². The Balaban J connectivity index is 0.000000225. The molecule has 4 aromatic heterocycles. The van der Waals surface area contributed by atoms with E-state index in [1.807, 2.05) is 43.5 Å². The minimum atomic E-state index is 0. The molecule has 55 heavy (non-hydrogen) atoms. The third kappa shape index (κ3) is 6.08. The molecule has 4 heterocycles. The molecule has 1 radical (unpaired) electrons. The van der Waals surface area contributed by atoms with Crippen molar-refractivity contribution in [2.24, 2.45) is 0 Å². The number of aryl methyl sites for hydroxylation is 2. The Kier molecular flexibility index (Phi) is 8.82. The molecule has 0 aliphatic rings. The van der Waals surface area contributed by atoms with Crippen molar-refractivity contribution in [1.82, 2.24) is 14.4 Å². The van der Waals surface area contributed by atoms with E-state index in [2.05, 4.69) is 156 Å². The summed E-state index contributed by atoms with van der Waals surface area (Å²) in [5, 5.41) is 9.90. The van der Waals surface area contributed by atoms with Crippen molar-refractivity contribution in [3.63, 3.8) is 0 Å². The van der Waals surface area contributed by atoms with E-state index < -0.39 is 0 Å². The number of hydrogen-bond acceptors (Lipinski definition) is 3. The van der Waals surface area contributed by atoms with E-state index in [0.717, 1.165) is 76.9 Å². The quantitative estimate of drug-likeness (QED) is 0.154. The maximum atomic E-state index is 6.78. The van der Waals surface area contributed by atoms with Crippen molar-refractivity contribution in [2.75, 3.05) is 0 Å². The van der Waals surface area contributed by atoms with Gasteiger partial charge in [-0.1, -0.05) is 115 Å². The smallest absolute Gasteiger partial charge is 0.128 e. The van der Waals surface area contributed by atoms with Crippen LogP contribution in [0.1, 0.15) is 11.1 Å². The van der Waals surface area contributed by atoms with Crippen LogP contribution in [-0.4, -0.2) is 14.4 Å². The van der Waals surface area contributed by atoms with Gasteiger partial charge < -0.3 is 13.8 Å². The minimum Gasteiger partial charge on any atom is -0.500 e. The average Bonchev–Trinajstić information content (AvgIpc) is 3.81. The summed E-state index contributed by atoms with van der Waals surface area (Å²) in [7, 11) is 0. The number of furan rings is 1. The summed E-state index contributed by atoms with van der Waals surface area (Å²) >= 11 is 0. The van der Waals surface area contributed by atoms with Crippen molar-refractivity contribution < 1.29 is 24.5 Å². The Bertz CT molecular complexity index is 3250. The van der Waals surface area contributed by atoms with Gasteiger partial charge in [0.1, 0.15) is 5.58 Å². The number of nitrogens with zero attached hydrogens (tertiary/aromatic N) is 3. The zero-order chi connectivity index (χ0) is 36.2. The predicted octanol–water partition coefficient (Wildman–Crippen LogP) is 13.1. The van der Waals surface area contributed by atoms with E-state index in [4.69, 9.17) is 9.40 Å². The molecule has 4 nitrogen and oxygen atoms in total. The second-order valence-corrected chi connectivity index (χ2v) is 13.8. The molecule has 0 aliphatic heterocycles. The zero-order valence-electron chi connectivity index (χ0n) is 30.2. The van der Waals surface area contributed by atoms with E-state index in [1.165, 1.54) is 27.3 Å². The number of fused-ring (bicyclic) bond motifs is 14. The van der Waals surface area contributed by atoms with Crippen LogP contribution >= 0.6 is 0 Å². The monoisotopic (exact) mass is 884 g/mol. The molecule has 0 unspecified atom stereocenters. The summed E-state index contributed by atoms with van der Waals surface area (Å²) in [5.41, 5.74) is 9.94. The van der Waals surface area contributed by atoms with Gasteiger partial charge in [0.25, 0.3) is 0 Å². The fourth-order valence-corrected chi connectivity index (χ4v) is 7.55. The summed E-state index contributed by atoms with van der Waals surface area (Å²) in [4.78, 5) is 9.49. The first kappa shape index (κ1) is 34.4. The molecule has 0 aliphatic carbocycles. The molecule has 0 amide bonds. The van der Waals surface area contributed by atoms with Crippen molar-refractivity contribution >= 4 is 81.8 Å². The summed E-state index contributed by atoms with van der Waals surface area (Å²) < 4.78 is 9.02. The molecule has 5 heteroatoms. The molecule has 0 saturated carbocycles. The molecule has 11 aromatic rings. The number of benzene rings is 7. The number of hydrogen-bond donors (Lipinski definition) is 0. The van der Waals surface area contributed by atoms with Crippen molar-refractivity contribution in [3.8, 4) is 11.3 Å². The fourth-order valence-electron chi connectivity index (χ4n) is 7.55. The largest absolute Gasteiger partial charge is 0.500 e. The average molecular weight is 884 g/mol. The Morgan fingerprint density at radius 2 is 1.24 bits per heavy atom. The molecule has 265 valence electrons. The Morgan fingerprint density at radius 1 is 0.564 bits per heavy atom. The van der Waals surface area contributed by atoms with Gasteiger partial charge in [-0.05, 0) is 75.4 Å². The molecule has 0 N–H and O–H groups in total. The van der Waals surface area contributed by atoms with Gasteiger partial charge in [0.05, 0.1) is 22.3 Å². The van der Waals surface area contributed by atoms with E-state index in [0.29, 0.717) is 0 Å². The number of pyridine rings is 1. The van der Waals surface area contributed by atoms with Gasteiger partial charge in [-0.15, -0.1) is 53.6 Å². The van der Waals surface area contributed by atoms with Crippen LogP contribution in [-0.2, 0) is 20.1 Å². The zero-order valence-corrected chi connectivity index (χ0v) is 32.6. The topological polar surface area (TPSA) is 43.3 Å². The first-order valence-electron chi connectivity index (χ1n) is 18.1. The second-order valence-electron chi connectivity index (χ2n) is 13.8. The van der Waals surface area contributed by atoms with Crippen LogP contribution in [0.3, 0.4) is 0 Å². The SMILES string of the molecule is Cc1c[c-]c(-c2ccc(C)cn2)cc1.[Ir].[c-]1ccc2c3cccc4c5cccc(c5)c5ccccc5c5cccc(c5)n5c6ccccc6nc5c1c2oc43. The maximum Gasteiger partial charge on any atom is 0.128 e. The number of rotatable bonds is 1. The summed E-state index contributed by atoms with van der Waals surface area (Å²) in [6.07, 6.45) is 1.88. The van der Waals surface area contributed by atoms with Crippen molar-refractivity contribution in [2.45, 2.75) is 13.8 Å². The van der Waals surface area contributed by atoms with Crippen LogP contribution in [0.2, 0.25) is 0 Å². The summed E-state index contributed by atoms with van der Waals surface area (Å²) in [6, 6.07) is 61.8. The van der Waals surface area contributed by atoms with Crippen molar-refractivity contribution in [3.05, 3.63) is 187 Å². The normalized spacial score (nSPS) is 11.3. The predicted molar refractivity (Wildman–Crippen MR) is 224 cm³/mol. The van der Waals surface area contributed by atoms with E-state index >= 15 is 0 Å². The molecule has 11 rings (SSSR count). The van der Waals surface area contributed by atoms with E-state index in [1.54, 1.807) is 0 Å². The van der Waals surface area contributed by atoms with E-state index in [9.17, 15) is 0 Å². The molecule has 0 atom stereocenters. The van der Waals surface area contributed by atoms with Crippen LogP contribution < -0.4 is 0 Å². The van der Waals surface area contributed by atoms with Gasteiger partial charge in [0.2, 0.25) is 0 Å². The Morgan fingerprint density at radius 3 is 2.02 bits per heavy atom. The molecular formula is C50H33IrN3O-2. The molecular weight excluding hydrogens is 851 g/mol. The number of imidazole rings is 1. The van der Waals surface area contributed by atoms with Gasteiger partial charge >= 0.3 is 0 Å². The molecule has 7 aromatic carbocycles. The first-order chi connectivity index (χ1) is 26.6. The maximum absolute atomic E-state index is 6.78. The Labute approximate surface area is 331 Å². The molecule has 0 fully saturated rings. The van der Waals surface area contributed by atoms with Crippen LogP contribution in [0.4, 0.5) is 0 Å². The molecule has 0 saturated heterocycles.